The Hall–Kier alpha value is -2.29. The molecule has 5 saturated heterocycles. The van der Waals surface area contributed by atoms with E-state index in [1.807, 2.05) is 20.8 Å². The van der Waals surface area contributed by atoms with Crippen molar-refractivity contribution in [1.29, 1.82) is 0 Å². The molecule has 6 aliphatic rings. The number of aromatic carboxylic acids is 1. The van der Waals surface area contributed by atoms with Gasteiger partial charge in [0, 0.05) is 63.8 Å². The summed E-state index contributed by atoms with van der Waals surface area (Å²) in [6.45, 7) is 12.8. The molecular formula is C26H39BN4O4. The van der Waals surface area contributed by atoms with Gasteiger partial charge in [0.1, 0.15) is 13.4 Å². The summed E-state index contributed by atoms with van der Waals surface area (Å²) >= 11 is 0. The number of hydrogen-bond acceptors (Lipinski definition) is 6. The van der Waals surface area contributed by atoms with Crippen molar-refractivity contribution in [3.8, 4) is 0 Å². The lowest BCUT2D eigenvalue weighted by Crippen LogP contribution is -2.55. The molecule has 1 aliphatic carbocycles. The Bertz CT molecular complexity index is 925. The van der Waals surface area contributed by atoms with Crippen molar-refractivity contribution in [2.75, 3.05) is 50.7 Å². The molecule has 190 valence electrons. The van der Waals surface area contributed by atoms with Gasteiger partial charge in [-0.2, -0.15) is 0 Å². The summed E-state index contributed by atoms with van der Waals surface area (Å²) in [6.07, 6.45) is 5.90. The third kappa shape index (κ3) is 5.30. The van der Waals surface area contributed by atoms with E-state index in [1.54, 1.807) is 30.0 Å². The third-order valence-electron chi connectivity index (χ3n) is 8.73. The fourth-order valence-corrected chi connectivity index (χ4v) is 7.05. The van der Waals surface area contributed by atoms with Crippen molar-refractivity contribution in [3.05, 3.63) is 24.0 Å². The predicted molar refractivity (Wildman–Crippen MR) is 137 cm³/mol. The van der Waals surface area contributed by atoms with Crippen LogP contribution in [0.15, 0.2) is 18.5 Å². The van der Waals surface area contributed by atoms with Gasteiger partial charge in [0.2, 0.25) is 0 Å². The van der Waals surface area contributed by atoms with E-state index in [0.717, 1.165) is 42.3 Å². The monoisotopic (exact) mass is 482 g/mol. The fourth-order valence-electron chi connectivity index (χ4n) is 7.05. The average molecular weight is 482 g/mol. The molecule has 0 aromatic carbocycles. The lowest BCUT2D eigenvalue weighted by Gasteiger charge is -2.55. The van der Waals surface area contributed by atoms with E-state index in [2.05, 4.69) is 22.6 Å². The van der Waals surface area contributed by atoms with Crippen LogP contribution in [0.2, 0.25) is 5.82 Å². The third-order valence-corrected chi connectivity index (χ3v) is 8.73. The van der Waals surface area contributed by atoms with Gasteiger partial charge in [0.25, 0.3) is 0 Å². The first-order valence-electron chi connectivity index (χ1n) is 13.2. The highest BCUT2D eigenvalue weighted by atomic mass is 16.6. The Labute approximate surface area is 209 Å². The number of nitrogens with zero attached hydrogens (tertiary/aromatic N) is 4. The van der Waals surface area contributed by atoms with Crippen LogP contribution in [-0.2, 0) is 4.74 Å². The van der Waals surface area contributed by atoms with Crippen LogP contribution in [0, 0.1) is 29.6 Å². The van der Waals surface area contributed by atoms with Gasteiger partial charge in [-0.25, -0.2) is 9.59 Å². The van der Waals surface area contributed by atoms with E-state index >= 15 is 0 Å². The molecule has 1 N–H and O–H groups in total. The Morgan fingerprint density at radius 2 is 1.60 bits per heavy atom. The molecule has 6 heterocycles. The molecule has 1 amide bonds. The Balaban J connectivity index is 0.000000189. The van der Waals surface area contributed by atoms with Gasteiger partial charge in [-0.05, 0) is 57.4 Å². The first-order valence-corrected chi connectivity index (χ1v) is 13.2. The van der Waals surface area contributed by atoms with Gasteiger partial charge >= 0.3 is 12.1 Å². The second-order valence-electron chi connectivity index (χ2n) is 12.5. The summed E-state index contributed by atoms with van der Waals surface area (Å²) in [5, 5.41) is 9.09. The van der Waals surface area contributed by atoms with E-state index in [1.165, 1.54) is 25.8 Å². The van der Waals surface area contributed by atoms with E-state index < -0.39 is 11.6 Å². The van der Waals surface area contributed by atoms with Crippen LogP contribution in [0.1, 0.15) is 44.0 Å². The molecule has 0 spiro atoms. The van der Waals surface area contributed by atoms with Gasteiger partial charge < -0.3 is 24.5 Å². The van der Waals surface area contributed by atoms with Crippen molar-refractivity contribution in [2.45, 2.75) is 45.0 Å². The molecule has 1 aromatic heterocycles. The van der Waals surface area contributed by atoms with Crippen molar-refractivity contribution in [3.63, 3.8) is 0 Å². The highest BCUT2D eigenvalue weighted by Crippen LogP contribution is 2.48. The van der Waals surface area contributed by atoms with Gasteiger partial charge in [-0.1, -0.05) is 5.82 Å². The second kappa shape index (κ2) is 9.30. The number of carboxylic acids is 1. The van der Waals surface area contributed by atoms with Gasteiger partial charge in [0.05, 0.1) is 17.4 Å². The number of piperidine rings is 3. The minimum absolute atomic E-state index is 0.194. The number of pyridine rings is 1. The average Bonchev–Trinajstić information content (AvgIpc) is 3.36. The summed E-state index contributed by atoms with van der Waals surface area (Å²) in [4.78, 5) is 33.9. The Morgan fingerprint density at radius 3 is 2.14 bits per heavy atom. The number of rotatable bonds is 2. The predicted octanol–water partition coefficient (Wildman–Crippen LogP) is 2.46. The van der Waals surface area contributed by atoms with Crippen LogP contribution < -0.4 is 4.90 Å². The molecule has 0 radical (unpaired) electrons. The van der Waals surface area contributed by atoms with Crippen LogP contribution in [0.25, 0.3) is 0 Å². The van der Waals surface area contributed by atoms with E-state index in [0.29, 0.717) is 24.9 Å². The molecular weight excluding hydrogens is 443 g/mol. The van der Waals surface area contributed by atoms with E-state index in [-0.39, 0.29) is 11.7 Å². The van der Waals surface area contributed by atoms with Crippen molar-refractivity contribution in [1.82, 2.24) is 14.8 Å². The second-order valence-corrected chi connectivity index (χ2v) is 12.5. The first-order chi connectivity index (χ1) is 16.6. The molecule has 7 rings (SSSR count). The van der Waals surface area contributed by atoms with Crippen LogP contribution in [0.5, 0.6) is 0 Å². The number of carbonyl (C=O) groups excluding carboxylic acids is 1. The summed E-state index contributed by atoms with van der Waals surface area (Å²) in [5.74, 6) is 4.06. The molecule has 1 saturated carbocycles. The SMILES string of the molecule is BC1C2CC3CC1CN(C3)C2.CC(C)(C)OC(=O)N1CC2CN(c3cncc(C(=O)O)c3)CC2C1. The van der Waals surface area contributed by atoms with E-state index in [9.17, 15) is 9.59 Å². The number of fused-ring (bicyclic) bond motifs is 1. The molecule has 5 aliphatic heterocycles. The number of ether oxygens (including phenoxy) is 1. The van der Waals surface area contributed by atoms with E-state index in [4.69, 9.17) is 9.84 Å². The van der Waals surface area contributed by atoms with Crippen molar-refractivity contribution in [2.24, 2.45) is 29.6 Å². The zero-order chi connectivity index (χ0) is 24.9. The number of amides is 1. The van der Waals surface area contributed by atoms with Gasteiger partial charge in [0.15, 0.2) is 0 Å². The maximum Gasteiger partial charge on any atom is 0.410 e. The summed E-state index contributed by atoms with van der Waals surface area (Å²) in [5.41, 5.74) is 0.539. The first kappa shape index (κ1) is 24.4. The molecule has 4 bridgehead atoms. The fraction of sp³-hybridized carbons (Fsp3) is 0.731. The number of carboxylic acid groups (broad SMARTS) is 1. The maximum absolute atomic E-state index is 12.2. The lowest BCUT2D eigenvalue weighted by atomic mass is 9.55. The number of carbonyl (C=O) groups is 2. The molecule has 4 unspecified atom stereocenters. The topological polar surface area (TPSA) is 86.2 Å². The molecule has 6 fully saturated rings. The minimum Gasteiger partial charge on any atom is -0.478 e. The minimum atomic E-state index is -0.972. The maximum atomic E-state index is 12.2. The van der Waals surface area contributed by atoms with Crippen LogP contribution >= 0.6 is 0 Å². The molecule has 9 heteroatoms. The van der Waals surface area contributed by atoms with Crippen molar-refractivity contribution < 1.29 is 19.4 Å². The number of hydrogen-bond donors (Lipinski definition) is 1. The quantitative estimate of drug-likeness (QED) is 0.649. The van der Waals surface area contributed by atoms with Crippen LogP contribution in [-0.4, -0.2) is 91.2 Å². The smallest absolute Gasteiger partial charge is 0.410 e. The van der Waals surface area contributed by atoms with Crippen LogP contribution in [0.3, 0.4) is 0 Å². The summed E-state index contributed by atoms with van der Waals surface area (Å²) in [6, 6.07) is 1.65. The largest absolute Gasteiger partial charge is 0.478 e. The van der Waals surface area contributed by atoms with Gasteiger partial charge in [-0.15, -0.1) is 0 Å². The zero-order valence-corrected chi connectivity index (χ0v) is 21.5. The van der Waals surface area contributed by atoms with Gasteiger partial charge in [-0.3, -0.25) is 4.98 Å². The van der Waals surface area contributed by atoms with Crippen molar-refractivity contribution >= 4 is 25.6 Å². The normalized spacial score (nSPS) is 34.9. The highest BCUT2D eigenvalue weighted by molar-refractivity contribution is 6.12. The molecule has 8 nitrogen and oxygen atoms in total. The summed E-state index contributed by atoms with van der Waals surface area (Å²) < 4.78 is 5.44. The zero-order valence-electron chi connectivity index (χ0n) is 21.5. The summed E-state index contributed by atoms with van der Waals surface area (Å²) in [7, 11) is 2.48. The lowest BCUT2D eigenvalue weighted by molar-refractivity contribution is -0.0158. The Kier molecular flexibility index (Phi) is 6.49. The highest BCUT2D eigenvalue weighted by Gasteiger charge is 2.45. The molecule has 1 aromatic rings. The number of likely N-dealkylation sites (tertiary alicyclic amines) is 1. The Morgan fingerprint density at radius 1 is 0.971 bits per heavy atom. The molecule has 35 heavy (non-hydrogen) atoms. The van der Waals surface area contributed by atoms with Crippen LogP contribution in [0.4, 0.5) is 10.5 Å². The standard InChI is InChI=1S/C17H23N3O4.C9H16BN/c1-17(2,3)24-16(23)20-9-12-7-19(8-13(12)10-20)14-4-11(15(21)22)5-18-6-14;10-9-7-1-6-2-8(9)5-11(3-6)4-7/h4-6,12-13H,7-10H2,1-3H3,(H,21,22);6-9H,1-5,10H2. The molecule has 4 atom stereocenters. The number of aromatic nitrogens is 1. The number of anilines is 1.